The molecule has 1 aliphatic rings. The van der Waals surface area contributed by atoms with Crippen molar-refractivity contribution in [2.75, 3.05) is 18.2 Å². The van der Waals surface area contributed by atoms with Crippen LogP contribution in [-0.2, 0) is 0 Å². The fourth-order valence-corrected chi connectivity index (χ4v) is 3.21. The van der Waals surface area contributed by atoms with Crippen LogP contribution in [0.2, 0.25) is 0 Å². The monoisotopic (exact) mass is 248 g/mol. The maximum atomic E-state index is 9.11. The van der Waals surface area contributed by atoms with Gasteiger partial charge in [0.1, 0.15) is 11.8 Å². The summed E-state index contributed by atoms with van der Waals surface area (Å²) >= 11 is 1.97. The second kappa shape index (κ2) is 5.33. The molecule has 0 saturated carbocycles. The lowest BCUT2D eigenvalue weighted by Gasteiger charge is -2.17. The minimum atomic E-state index is 0.429. The van der Waals surface area contributed by atoms with Gasteiger partial charge in [-0.25, -0.2) is 0 Å². The number of thioether (sulfide) groups is 1. The van der Waals surface area contributed by atoms with E-state index < -0.39 is 0 Å². The number of methoxy groups -OCH3 is 1. The van der Waals surface area contributed by atoms with Crippen molar-refractivity contribution >= 4 is 17.4 Å². The Kier molecular flexibility index (Phi) is 3.80. The van der Waals surface area contributed by atoms with E-state index in [4.69, 9.17) is 10.00 Å². The van der Waals surface area contributed by atoms with Crippen LogP contribution in [0.15, 0.2) is 18.2 Å². The Balaban J connectivity index is 2.22. The maximum absolute atomic E-state index is 9.11. The van der Waals surface area contributed by atoms with Gasteiger partial charge in [-0.05, 0) is 18.6 Å². The molecule has 0 bridgehead atoms. The van der Waals surface area contributed by atoms with Crippen LogP contribution < -0.4 is 10.1 Å². The second-order valence-electron chi connectivity index (χ2n) is 4.22. The molecule has 17 heavy (non-hydrogen) atoms. The van der Waals surface area contributed by atoms with Gasteiger partial charge in [0, 0.05) is 17.0 Å². The molecule has 90 valence electrons. The van der Waals surface area contributed by atoms with Crippen molar-refractivity contribution in [3.8, 4) is 11.8 Å². The first-order valence-electron chi connectivity index (χ1n) is 5.70. The predicted octanol–water partition coefficient (Wildman–Crippen LogP) is 2.87. The lowest BCUT2D eigenvalue weighted by atomic mass is 10.1. The number of anilines is 1. The first-order chi connectivity index (χ1) is 8.24. The average Bonchev–Trinajstić information content (AvgIpc) is 2.75. The summed E-state index contributed by atoms with van der Waals surface area (Å²) in [5.74, 6) is 1.83. The van der Waals surface area contributed by atoms with E-state index >= 15 is 0 Å². The van der Waals surface area contributed by atoms with E-state index in [1.807, 2.05) is 30.0 Å². The Labute approximate surface area is 106 Å². The van der Waals surface area contributed by atoms with Gasteiger partial charge in [0.2, 0.25) is 0 Å². The lowest BCUT2D eigenvalue weighted by molar-refractivity contribution is 0.416. The van der Waals surface area contributed by atoms with Crippen molar-refractivity contribution in [2.24, 2.45) is 0 Å². The molecule has 1 heterocycles. The van der Waals surface area contributed by atoms with Crippen LogP contribution in [0, 0.1) is 11.3 Å². The van der Waals surface area contributed by atoms with Gasteiger partial charge in [0.25, 0.3) is 0 Å². The first-order valence-corrected chi connectivity index (χ1v) is 6.74. The molecule has 1 aromatic carbocycles. The summed E-state index contributed by atoms with van der Waals surface area (Å²) in [5, 5.41) is 13.2. The topological polar surface area (TPSA) is 45.0 Å². The lowest BCUT2D eigenvalue weighted by Crippen LogP contribution is -2.20. The predicted molar refractivity (Wildman–Crippen MR) is 71.7 cm³/mol. The van der Waals surface area contributed by atoms with Gasteiger partial charge in [-0.3, -0.25) is 0 Å². The molecule has 0 amide bonds. The molecule has 1 fully saturated rings. The Morgan fingerprint density at radius 2 is 2.35 bits per heavy atom. The molecule has 2 rings (SSSR count). The maximum Gasteiger partial charge on any atom is 0.143 e. The van der Waals surface area contributed by atoms with E-state index in [0.29, 0.717) is 16.9 Å². The molecule has 1 N–H and O–H groups in total. The third-order valence-corrected chi connectivity index (χ3v) is 4.27. The third kappa shape index (κ3) is 2.67. The molecule has 1 saturated heterocycles. The molecule has 0 aromatic heterocycles. The molecule has 2 unspecified atom stereocenters. The number of rotatable bonds is 3. The normalized spacial score (nSPS) is 23.1. The van der Waals surface area contributed by atoms with Gasteiger partial charge in [-0.15, -0.1) is 0 Å². The Morgan fingerprint density at radius 1 is 1.53 bits per heavy atom. The van der Waals surface area contributed by atoms with Crippen molar-refractivity contribution in [2.45, 2.75) is 24.6 Å². The van der Waals surface area contributed by atoms with Gasteiger partial charge in [0.05, 0.1) is 18.4 Å². The summed E-state index contributed by atoms with van der Waals surface area (Å²) in [7, 11) is 1.63. The van der Waals surface area contributed by atoms with Crippen molar-refractivity contribution in [1.29, 1.82) is 5.26 Å². The summed E-state index contributed by atoms with van der Waals surface area (Å²) in [6, 6.07) is 8.18. The molecular formula is C13H16N2OS. The van der Waals surface area contributed by atoms with E-state index in [0.717, 1.165) is 23.6 Å². The van der Waals surface area contributed by atoms with E-state index in [-0.39, 0.29) is 0 Å². The fraction of sp³-hybridized carbons (Fsp3) is 0.462. The molecular weight excluding hydrogens is 232 g/mol. The number of benzene rings is 1. The Bertz CT molecular complexity index is 442. The summed E-state index contributed by atoms with van der Waals surface area (Å²) in [6.45, 7) is 2.24. The van der Waals surface area contributed by atoms with Crippen LogP contribution in [0.5, 0.6) is 5.75 Å². The summed E-state index contributed by atoms with van der Waals surface area (Å²) in [5.41, 5.74) is 1.48. The number of nitriles is 1. The van der Waals surface area contributed by atoms with Gasteiger partial charge >= 0.3 is 0 Å². The minimum Gasteiger partial charge on any atom is -0.495 e. The first kappa shape index (κ1) is 12.1. The number of para-hydroxylation sites is 1. The van der Waals surface area contributed by atoms with Crippen LogP contribution in [0.25, 0.3) is 0 Å². The number of ether oxygens (including phenoxy) is 1. The summed E-state index contributed by atoms with van der Waals surface area (Å²) in [4.78, 5) is 0. The Hall–Kier alpha value is -1.34. The standard InChI is InChI=1S/C13H16N2OS/c1-9-6-11(8-17-9)15-13-10(7-14)4-3-5-12(13)16-2/h3-5,9,11,15H,6,8H2,1-2H3. The molecule has 1 aliphatic heterocycles. The van der Waals surface area contributed by atoms with E-state index in [9.17, 15) is 0 Å². The van der Waals surface area contributed by atoms with Crippen molar-refractivity contribution in [3.63, 3.8) is 0 Å². The van der Waals surface area contributed by atoms with E-state index in [1.165, 1.54) is 0 Å². The number of nitrogens with zero attached hydrogens (tertiary/aromatic N) is 1. The molecule has 3 nitrogen and oxygen atoms in total. The number of hydrogen-bond donors (Lipinski definition) is 1. The quantitative estimate of drug-likeness (QED) is 0.893. The number of nitrogens with one attached hydrogen (secondary N) is 1. The Morgan fingerprint density at radius 3 is 2.94 bits per heavy atom. The third-order valence-electron chi connectivity index (χ3n) is 2.91. The SMILES string of the molecule is COc1cccc(C#N)c1NC1CSC(C)C1. The molecule has 4 heteroatoms. The largest absolute Gasteiger partial charge is 0.495 e. The van der Waals surface area contributed by atoms with Gasteiger partial charge < -0.3 is 10.1 Å². The van der Waals surface area contributed by atoms with Crippen LogP contribution in [-0.4, -0.2) is 24.2 Å². The molecule has 0 spiro atoms. The molecule has 0 radical (unpaired) electrons. The highest BCUT2D eigenvalue weighted by Gasteiger charge is 2.23. The van der Waals surface area contributed by atoms with E-state index in [1.54, 1.807) is 7.11 Å². The average molecular weight is 248 g/mol. The van der Waals surface area contributed by atoms with Crippen molar-refractivity contribution in [1.82, 2.24) is 0 Å². The zero-order valence-corrected chi connectivity index (χ0v) is 10.9. The highest BCUT2D eigenvalue weighted by atomic mass is 32.2. The smallest absolute Gasteiger partial charge is 0.143 e. The van der Waals surface area contributed by atoms with Crippen molar-refractivity contribution < 1.29 is 4.74 Å². The highest BCUT2D eigenvalue weighted by Crippen LogP contribution is 2.33. The summed E-state index contributed by atoms with van der Waals surface area (Å²) < 4.78 is 5.30. The second-order valence-corrected chi connectivity index (χ2v) is 5.69. The van der Waals surface area contributed by atoms with Crippen LogP contribution in [0.4, 0.5) is 5.69 Å². The zero-order valence-electron chi connectivity index (χ0n) is 10.1. The van der Waals surface area contributed by atoms with E-state index in [2.05, 4.69) is 18.3 Å². The van der Waals surface area contributed by atoms with Gasteiger partial charge in [-0.2, -0.15) is 17.0 Å². The van der Waals surface area contributed by atoms with Crippen molar-refractivity contribution in [3.05, 3.63) is 23.8 Å². The van der Waals surface area contributed by atoms with Crippen LogP contribution in [0.3, 0.4) is 0 Å². The van der Waals surface area contributed by atoms with Crippen LogP contribution in [0.1, 0.15) is 18.9 Å². The van der Waals surface area contributed by atoms with Gasteiger partial charge in [0.15, 0.2) is 0 Å². The highest BCUT2D eigenvalue weighted by molar-refractivity contribution is 8.00. The molecule has 2 atom stereocenters. The van der Waals surface area contributed by atoms with Gasteiger partial charge in [-0.1, -0.05) is 13.0 Å². The van der Waals surface area contributed by atoms with Crippen LogP contribution >= 0.6 is 11.8 Å². The number of hydrogen-bond acceptors (Lipinski definition) is 4. The fourth-order valence-electron chi connectivity index (χ4n) is 2.07. The zero-order chi connectivity index (χ0) is 12.3. The minimum absolute atomic E-state index is 0.429. The molecule has 0 aliphatic carbocycles. The summed E-state index contributed by atoms with van der Waals surface area (Å²) in [6.07, 6.45) is 1.13. The molecule has 1 aromatic rings.